The van der Waals surface area contributed by atoms with Crippen molar-refractivity contribution in [3.63, 3.8) is 0 Å². The van der Waals surface area contributed by atoms with Crippen molar-refractivity contribution in [1.29, 1.82) is 0 Å². The molecule has 0 saturated heterocycles. The van der Waals surface area contributed by atoms with Gasteiger partial charge < -0.3 is 11.1 Å². The van der Waals surface area contributed by atoms with E-state index in [4.69, 9.17) is 17.3 Å². The molecule has 0 atom stereocenters. The van der Waals surface area contributed by atoms with E-state index in [0.29, 0.717) is 17.1 Å². The van der Waals surface area contributed by atoms with Crippen LogP contribution >= 0.6 is 11.6 Å². The standard InChI is InChI=1S/C17H17ClN2O/c18-15-7-6-14(17(19)21)9-16(15)20-10-11-2-1-3-13(8-11)12-4-5-12/h1-3,6-9,12,20H,4-5,10H2,(H2,19,21). The first-order valence-electron chi connectivity index (χ1n) is 7.05. The van der Waals surface area contributed by atoms with Gasteiger partial charge in [0.15, 0.2) is 0 Å². The molecule has 0 bridgehead atoms. The molecule has 1 fully saturated rings. The number of anilines is 1. The number of carbonyl (C=O) groups excluding carboxylic acids is 1. The van der Waals surface area contributed by atoms with Gasteiger partial charge in [-0.25, -0.2) is 0 Å². The molecule has 2 aromatic carbocycles. The second-order valence-corrected chi connectivity index (χ2v) is 5.84. The molecule has 1 amide bonds. The third-order valence-electron chi connectivity index (χ3n) is 3.73. The van der Waals surface area contributed by atoms with Gasteiger partial charge in [0.05, 0.1) is 10.7 Å². The van der Waals surface area contributed by atoms with Gasteiger partial charge in [-0.3, -0.25) is 4.79 Å². The van der Waals surface area contributed by atoms with Crippen LogP contribution in [0.1, 0.15) is 40.2 Å². The van der Waals surface area contributed by atoms with Gasteiger partial charge in [-0.1, -0.05) is 35.9 Å². The number of primary amides is 1. The predicted molar refractivity (Wildman–Crippen MR) is 85.7 cm³/mol. The minimum Gasteiger partial charge on any atom is -0.380 e. The smallest absolute Gasteiger partial charge is 0.248 e. The highest BCUT2D eigenvalue weighted by Gasteiger charge is 2.23. The molecule has 108 valence electrons. The lowest BCUT2D eigenvalue weighted by molar-refractivity contribution is 0.100. The molecule has 2 aromatic rings. The summed E-state index contributed by atoms with van der Waals surface area (Å²) in [4.78, 5) is 11.2. The lowest BCUT2D eigenvalue weighted by atomic mass is 10.1. The van der Waals surface area contributed by atoms with Crippen molar-refractivity contribution in [2.24, 2.45) is 5.73 Å². The number of hydrogen-bond acceptors (Lipinski definition) is 2. The molecule has 0 unspecified atom stereocenters. The summed E-state index contributed by atoms with van der Waals surface area (Å²) in [6.07, 6.45) is 2.59. The van der Waals surface area contributed by atoms with Crippen molar-refractivity contribution in [3.8, 4) is 0 Å². The molecule has 1 saturated carbocycles. The molecule has 4 heteroatoms. The van der Waals surface area contributed by atoms with Crippen LogP contribution in [0.15, 0.2) is 42.5 Å². The molecule has 1 aliphatic carbocycles. The maximum atomic E-state index is 11.2. The van der Waals surface area contributed by atoms with Crippen LogP contribution in [0.25, 0.3) is 0 Å². The summed E-state index contributed by atoms with van der Waals surface area (Å²) in [5.41, 5.74) is 9.09. The van der Waals surface area contributed by atoms with Gasteiger partial charge in [-0.05, 0) is 48.1 Å². The van der Waals surface area contributed by atoms with Crippen molar-refractivity contribution in [1.82, 2.24) is 0 Å². The first-order valence-corrected chi connectivity index (χ1v) is 7.43. The minimum atomic E-state index is -0.453. The van der Waals surface area contributed by atoms with Crippen molar-refractivity contribution in [2.75, 3.05) is 5.32 Å². The van der Waals surface area contributed by atoms with Crippen LogP contribution in [0.2, 0.25) is 5.02 Å². The van der Waals surface area contributed by atoms with Crippen LogP contribution in [0.5, 0.6) is 0 Å². The molecule has 3 N–H and O–H groups in total. The molecule has 0 spiro atoms. The van der Waals surface area contributed by atoms with E-state index in [1.807, 2.05) is 0 Å². The molecule has 3 nitrogen and oxygen atoms in total. The van der Waals surface area contributed by atoms with Crippen molar-refractivity contribution in [3.05, 3.63) is 64.2 Å². The fraction of sp³-hybridized carbons (Fsp3) is 0.235. The molecule has 3 rings (SSSR count). The number of carbonyl (C=O) groups is 1. The van der Waals surface area contributed by atoms with Crippen LogP contribution in [0.4, 0.5) is 5.69 Å². The normalized spacial score (nSPS) is 14.0. The Morgan fingerprint density at radius 3 is 2.76 bits per heavy atom. The highest BCUT2D eigenvalue weighted by Crippen LogP contribution is 2.40. The first kappa shape index (κ1) is 14.0. The number of halogens is 1. The highest BCUT2D eigenvalue weighted by molar-refractivity contribution is 6.33. The molecule has 0 heterocycles. The summed E-state index contributed by atoms with van der Waals surface area (Å²) in [7, 11) is 0. The Balaban J connectivity index is 1.73. The van der Waals surface area contributed by atoms with E-state index in [0.717, 1.165) is 11.6 Å². The van der Waals surface area contributed by atoms with E-state index in [9.17, 15) is 4.79 Å². The summed E-state index contributed by atoms with van der Waals surface area (Å²) in [5.74, 6) is 0.289. The van der Waals surface area contributed by atoms with Gasteiger partial charge in [0, 0.05) is 12.1 Å². The van der Waals surface area contributed by atoms with Crippen LogP contribution in [0, 0.1) is 0 Å². The summed E-state index contributed by atoms with van der Waals surface area (Å²) in [6.45, 7) is 0.669. The van der Waals surface area contributed by atoms with Crippen molar-refractivity contribution >= 4 is 23.2 Å². The molecular formula is C17H17ClN2O. The third-order valence-corrected chi connectivity index (χ3v) is 4.06. The Morgan fingerprint density at radius 1 is 1.24 bits per heavy atom. The fourth-order valence-corrected chi connectivity index (χ4v) is 2.57. The minimum absolute atomic E-state index is 0.452. The number of benzene rings is 2. The van der Waals surface area contributed by atoms with E-state index in [1.54, 1.807) is 18.2 Å². The monoisotopic (exact) mass is 300 g/mol. The number of amides is 1. The number of rotatable bonds is 5. The summed E-state index contributed by atoms with van der Waals surface area (Å²) in [5, 5.41) is 3.85. The summed E-state index contributed by atoms with van der Waals surface area (Å²) >= 11 is 6.14. The van der Waals surface area contributed by atoms with Crippen molar-refractivity contribution in [2.45, 2.75) is 25.3 Å². The molecule has 21 heavy (non-hydrogen) atoms. The van der Waals surface area contributed by atoms with Gasteiger partial charge in [-0.15, -0.1) is 0 Å². The zero-order chi connectivity index (χ0) is 14.8. The Morgan fingerprint density at radius 2 is 2.05 bits per heavy atom. The van der Waals surface area contributed by atoms with Crippen LogP contribution in [-0.2, 0) is 6.54 Å². The predicted octanol–water partition coefficient (Wildman–Crippen LogP) is 3.93. The van der Waals surface area contributed by atoms with Crippen LogP contribution in [-0.4, -0.2) is 5.91 Å². The molecule has 1 aliphatic rings. The third kappa shape index (κ3) is 3.37. The molecule has 0 aliphatic heterocycles. The van der Waals surface area contributed by atoms with Crippen LogP contribution in [0.3, 0.4) is 0 Å². The van der Waals surface area contributed by atoms with Gasteiger partial charge in [-0.2, -0.15) is 0 Å². The van der Waals surface area contributed by atoms with Crippen molar-refractivity contribution < 1.29 is 4.79 Å². The zero-order valence-electron chi connectivity index (χ0n) is 11.6. The second-order valence-electron chi connectivity index (χ2n) is 5.43. The number of nitrogens with two attached hydrogens (primary N) is 1. The lowest BCUT2D eigenvalue weighted by Gasteiger charge is -2.10. The topological polar surface area (TPSA) is 55.1 Å². The van der Waals surface area contributed by atoms with E-state index < -0.39 is 5.91 Å². The van der Waals surface area contributed by atoms with E-state index >= 15 is 0 Å². The Bertz CT molecular complexity index is 680. The summed E-state index contributed by atoms with van der Waals surface area (Å²) < 4.78 is 0. The molecular weight excluding hydrogens is 284 g/mol. The quantitative estimate of drug-likeness (QED) is 0.879. The largest absolute Gasteiger partial charge is 0.380 e. The SMILES string of the molecule is NC(=O)c1ccc(Cl)c(NCc2cccc(C3CC3)c2)c1. The van der Waals surface area contributed by atoms with E-state index in [1.165, 1.54) is 24.0 Å². The van der Waals surface area contributed by atoms with Gasteiger partial charge in [0.25, 0.3) is 0 Å². The second kappa shape index (κ2) is 5.78. The number of hydrogen-bond donors (Lipinski definition) is 2. The average molecular weight is 301 g/mol. The Labute approximate surface area is 129 Å². The zero-order valence-corrected chi connectivity index (χ0v) is 12.4. The van der Waals surface area contributed by atoms with Gasteiger partial charge in [0.2, 0.25) is 5.91 Å². The van der Waals surface area contributed by atoms with Crippen LogP contribution < -0.4 is 11.1 Å². The Hall–Kier alpha value is -2.00. The maximum absolute atomic E-state index is 11.2. The maximum Gasteiger partial charge on any atom is 0.248 e. The van der Waals surface area contributed by atoms with Gasteiger partial charge in [0.1, 0.15) is 0 Å². The van der Waals surface area contributed by atoms with E-state index in [2.05, 4.69) is 29.6 Å². The first-order chi connectivity index (χ1) is 10.1. The lowest BCUT2D eigenvalue weighted by Crippen LogP contribution is -2.11. The van der Waals surface area contributed by atoms with Gasteiger partial charge >= 0.3 is 0 Å². The molecule has 0 radical (unpaired) electrons. The highest BCUT2D eigenvalue weighted by atomic mass is 35.5. The number of nitrogens with one attached hydrogen (secondary N) is 1. The van der Waals surface area contributed by atoms with E-state index in [-0.39, 0.29) is 0 Å². The molecule has 0 aromatic heterocycles. The Kier molecular flexibility index (Phi) is 3.84. The summed E-state index contributed by atoms with van der Waals surface area (Å²) in [6, 6.07) is 13.6. The fourth-order valence-electron chi connectivity index (χ4n) is 2.38. The average Bonchev–Trinajstić information content (AvgIpc) is 3.31.